The molecule has 4 rings (SSSR count). The highest BCUT2D eigenvalue weighted by Gasteiger charge is 2.10. The van der Waals surface area contributed by atoms with E-state index in [9.17, 15) is 9.18 Å². The Morgan fingerprint density at radius 3 is 2.58 bits per heavy atom. The predicted octanol–water partition coefficient (Wildman–Crippen LogP) is 5.68. The van der Waals surface area contributed by atoms with Gasteiger partial charge in [0.1, 0.15) is 5.82 Å². The number of amides is 1. The molecule has 2 heterocycles. The SMILES string of the molecule is CCc1csc(CCc2ccc(NC(=O)/C=C/c3cnn(C)c3-c3ccc(F)cc3)cc2)n1. The lowest BCUT2D eigenvalue weighted by Crippen LogP contribution is -2.07. The van der Waals surface area contributed by atoms with E-state index in [4.69, 9.17) is 0 Å². The van der Waals surface area contributed by atoms with Crippen LogP contribution in [0.1, 0.15) is 28.8 Å². The molecule has 1 amide bonds. The number of carbonyl (C=O) groups excluding carboxylic acids is 1. The number of nitrogens with zero attached hydrogens (tertiary/aromatic N) is 3. The first-order valence-corrected chi connectivity index (χ1v) is 11.7. The van der Waals surface area contributed by atoms with Gasteiger partial charge in [-0.1, -0.05) is 19.1 Å². The van der Waals surface area contributed by atoms with Gasteiger partial charge in [0.2, 0.25) is 5.91 Å². The molecule has 0 aliphatic heterocycles. The minimum Gasteiger partial charge on any atom is -0.323 e. The van der Waals surface area contributed by atoms with Crippen molar-refractivity contribution >= 4 is 29.0 Å². The average molecular weight is 461 g/mol. The first-order chi connectivity index (χ1) is 16.0. The Hall–Kier alpha value is -3.58. The van der Waals surface area contributed by atoms with E-state index in [1.807, 2.05) is 31.3 Å². The molecule has 0 fully saturated rings. The number of carbonyl (C=O) groups is 1. The molecular weight excluding hydrogens is 435 g/mol. The van der Waals surface area contributed by atoms with Gasteiger partial charge in [-0.3, -0.25) is 9.48 Å². The molecule has 0 aliphatic rings. The summed E-state index contributed by atoms with van der Waals surface area (Å²) in [4.78, 5) is 17.0. The number of aromatic nitrogens is 3. The number of benzene rings is 2. The van der Waals surface area contributed by atoms with Gasteiger partial charge in [0, 0.05) is 41.7 Å². The maximum absolute atomic E-state index is 13.3. The lowest BCUT2D eigenvalue weighted by atomic mass is 10.1. The van der Waals surface area contributed by atoms with E-state index in [2.05, 4.69) is 27.7 Å². The number of aryl methyl sites for hydroxylation is 4. The molecule has 2 aromatic carbocycles. The third kappa shape index (κ3) is 5.81. The number of thiazole rings is 1. The first-order valence-electron chi connectivity index (χ1n) is 10.8. The lowest BCUT2D eigenvalue weighted by molar-refractivity contribution is -0.111. The van der Waals surface area contributed by atoms with Crippen LogP contribution in [-0.4, -0.2) is 20.7 Å². The van der Waals surface area contributed by atoms with Crippen molar-refractivity contribution in [2.75, 3.05) is 5.32 Å². The summed E-state index contributed by atoms with van der Waals surface area (Å²) in [6.45, 7) is 2.11. The van der Waals surface area contributed by atoms with Gasteiger partial charge in [0.25, 0.3) is 0 Å². The second-order valence-corrected chi connectivity index (χ2v) is 8.63. The zero-order valence-electron chi connectivity index (χ0n) is 18.6. The molecule has 0 radical (unpaired) electrons. The molecule has 0 aliphatic carbocycles. The lowest BCUT2D eigenvalue weighted by Gasteiger charge is -2.05. The Morgan fingerprint density at radius 1 is 1.12 bits per heavy atom. The molecule has 0 unspecified atom stereocenters. The number of rotatable bonds is 8. The van der Waals surface area contributed by atoms with Crippen molar-refractivity contribution in [1.29, 1.82) is 0 Å². The van der Waals surface area contributed by atoms with Gasteiger partial charge in [-0.05, 0) is 60.9 Å². The molecule has 0 saturated heterocycles. The van der Waals surface area contributed by atoms with Crippen molar-refractivity contribution in [3.63, 3.8) is 0 Å². The summed E-state index contributed by atoms with van der Waals surface area (Å²) in [6.07, 6.45) is 7.68. The summed E-state index contributed by atoms with van der Waals surface area (Å²) in [6, 6.07) is 14.1. The highest BCUT2D eigenvalue weighted by atomic mass is 32.1. The molecule has 4 aromatic rings. The third-order valence-electron chi connectivity index (χ3n) is 5.31. The van der Waals surface area contributed by atoms with E-state index in [1.165, 1.54) is 23.8 Å². The number of hydrogen-bond donors (Lipinski definition) is 1. The standard InChI is InChI=1S/C26H25FN4OS/c1-3-22-17-33-25(30-22)15-6-18-4-12-23(13-5-18)29-24(32)14-9-20-16-28-31(2)26(20)19-7-10-21(27)11-8-19/h4-5,7-14,16-17H,3,6,15H2,1-2H3,(H,29,32)/b14-9+. The molecule has 0 bridgehead atoms. The van der Waals surface area contributed by atoms with E-state index in [1.54, 1.807) is 40.4 Å². The van der Waals surface area contributed by atoms with Crippen molar-refractivity contribution in [2.45, 2.75) is 26.2 Å². The van der Waals surface area contributed by atoms with E-state index in [0.29, 0.717) is 0 Å². The van der Waals surface area contributed by atoms with Crippen LogP contribution in [0.5, 0.6) is 0 Å². The minimum atomic E-state index is -0.294. The van der Waals surface area contributed by atoms with Crippen LogP contribution < -0.4 is 5.32 Å². The Labute approximate surface area is 196 Å². The summed E-state index contributed by atoms with van der Waals surface area (Å²) < 4.78 is 15.0. The Bertz CT molecular complexity index is 1260. The number of anilines is 1. The van der Waals surface area contributed by atoms with Crippen LogP contribution in [0, 0.1) is 5.82 Å². The number of hydrogen-bond acceptors (Lipinski definition) is 4. The molecule has 0 spiro atoms. The van der Waals surface area contributed by atoms with Gasteiger partial charge >= 0.3 is 0 Å². The summed E-state index contributed by atoms with van der Waals surface area (Å²) in [5.74, 6) is -0.524. The van der Waals surface area contributed by atoms with Crippen molar-refractivity contribution < 1.29 is 9.18 Å². The smallest absolute Gasteiger partial charge is 0.248 e. The van der Waals surface area contributed by atoms with Gasteiger partial charge in [0.15, 0.2) is 0 Å². The first kappa shape index (κ1) is 22.6. The van der Waals surface area contributed by atoms with Gasteiger partial charge in [-0.15, -0.1) is 11.3 Å². The second-order valence-electron chi connectivity index (χ2n) is 7.68. The molecule has 33 heavy (non-hydrogen) atoms. The average Bonchev–Trinajstić information content (AvgIpc) is 3.44. The molecule has 0 saturated carbocycles. The van der Waals surface area contributed by atoms with Crippen LogP contribution >= 0.6 is 11.3 Å². The zero-order chi connectivity index (χ0) is 23.2. The van der Waals surface area contributed by atoms with Crippen LogP contribution in [0.2, 0.25) is 0 Å². The fourth-order valence-electron chi connectivity index (χ4n) is 3.52. The van der Waals surface area contributed by atoms with Gasteiger partial charge < -0.3 is 5.32 Å². The fraction of sp³-hybridized carbons (Fsp3) is 0.192. The normalized spacial score (nSPS) is 11.2. The quantitative estimate of drug-likeness (QED) is 0.344. The van der Waals surface area contributed by atoms with E-state index in [0.717, 1.165) is 52.5 Å². The zero-order valence-corrected chi connectivity index (χ0v) is 19.4. The third-order valence-corrected chi connectivity index (χ3v) is 6.27. The molecule has 2 aromatic heterocycles. The van der Waals surface area contributed by atoms with Gasteiger partial charge in [-0.2, -0.15) is 5.10 Å². The molecule has 5 nitrogen and oxygen atoms in total. The maximum Gasteiger partial charge on any atom is 0.248 e. The predicted molar refractivity (Wildman–Crippen MR) is 132 cm³/mol. The van der Waals surface area contributed by atoms with Crippen LogP contribution in [0.25, 0.3) is 17.3 Å². The van der Waals surface area contributed by atoms with Crippen LogP contribution in [-0.2, 0) is 31.1 Å². The summed E-state index contributed by atoms with van der Waals surface area (Å²) >= 11 is 1.71. The Balaban J connectivity index is 1.36. The highest BCUT2D eigenvalue weighted by Crippen LogP contribution is 2.24. The van der Waals surface area contributed by atoms with Crippen molar-refractivity contribution in [3.05, 3.63) is 93.8 Å². The van der Waals surface area contributed by atoms with Gasteiger partial charge in [0.05, 0.1) is 22.6 Å². The largest absolute Gasteiger partial charge is 0.323 e. The highest BCUT2D eigenvalue weighted by molar-refractivity contribution is 7.09. The van der Waals surface area contributed by atoms with Crippen molar-refractivity contribution in [1.82, 2.24) is 14.8 Å². The molecule has 7 heteroatoms. The second kappa shape index (κ2) is 10.4. The molecular formula is C26H25FN4OS. The van der Waals surface area contributed by atoms with Crippen LogP contribution in [0.3, 0.4) is 0 Å². The monoisotopic (exact) mass is 460 g/mol. The maximum atomic E-state index is 13.3. The summed E-state index contributed by atoms with van der Waals surface area (Å²) in [5.41, 5.74) is 5.52. The number of halogens is 1. The van der Waals surface area contributed by atoms with E-state index in [-0.39, 0.29) is 11.7 Å². The van der Waals surface area contributed by atoms with Gasteiger partial charge in [-0.25, -0.2) is 9.37 Å². The minimum absolute atomic E-state index is 0.230. The molecule has 0 atom stereocenters. The topological polar surface area (TPSA) is 59.8 Å². The van der Waals surface area contributed by atoms with E-state index < -0.39 is 0 Å². The van der Waals surface area contributed by atoms with Crippen LogP contribution in [0.15, 0.2) is 66.2 Å². The van der Waals surface area contributed by atoms with Crippen molar-refractivity contribution in [2.24, 2.45) is 7.05 Å². The van der Waals surface area contributed by atoms with E-state index >= 15 is 0 Å². The van der Waals surface area contributed by atoms with Crippen molar-refractivity contribution in [3.8, 4) is 11.3 Å². The Kier molecular flexibility index (Phi) is 7.10. The molecule has 1 N–H and O–H groups in total. The fourth-order valence-corrected chi connectivity index (χ4v) is 4.40. The van der Waals surface area contributed by atoms with Crippen LogP contribution in [0.4, 0.5) is 10.1 Å². The Morgan fingerprint density at radius 2 is 1.88 bits per heavy atom. The number of nitrogens with one attached hydrogen (secondary N) is 1. The molecule has 168 valence electrons. The summed E-state index contributed by atoms with van der Waals surface area (Å²) in [5, 5.41) is 10.4. The summed E-state index contributed by atoms with van der Waals surface area (Å²) in [7, 11) is 1.81.